The minimum atomic E-state index is -3.44. The third-order valence-electron chi connectivity index (χ3n) is 4.21. The van der Waals surface area contributed by atoms with E-state index in [0.717, 1.165) is 24.0 Å². The number of nitrogens with one attached hydrogen (secondary N) is 1. The molecule has 0 heterocycles. The molecule has 1 aromatic rings. The van der Waals surface area contributed by atoms with E-state index in [4.69, 9.17) is 5.73 Å². The second-order valence-electron chi connectivity index (χ2n) is 5.76. The molecule has 1 aromatic carbocycles. The molecule has 0 aromatic heterocycles. The van der Waals surface area contributed by atoms with Crippen LogP contribution in [0.5, 0.6) is 0 Å². The summed E-state index contributed by atoms with van der Waals surface area (Å²) in [7, 11) is -3.44. The maximum atomic E-state index is 12.5. The number of aryl methyl sites for hydroxylation is 1. The lowest BCUT2D eigenvalue weighted by molar-refractivity contribution is 0.424. The van der Waals surface area contributed by atoms with E-state index < -0.39 is 10.0 Å². The normalized spacial score (nSPS) is 18.4. The fourth-order valence-corrected chi connectivity index (χ4v) is 4.54. The van der Waals surface area contributed by atoms with Gasteiger partial charge in [0.2, 0.25) is 10.0 Å². The highest BCUT2D eigenvalue weighted by Crippen LogP contribution is 2.28. The lowest BCUT2D eigenvalue weighted by Crippen LogP contribution is -2.37. The van der Waals surface area contributed by atoms with Crippen molar-refractivity contribution in [3.05, 3.63) is 29.3 Å². The summed E-state index contributed by atoms with van der Waals surface area (Å²) in [4.78, 5) is 0.361. The summed E-state index contributed by atoms with van der Waals surface area (Å²) >= 11 is 0. The van der Waals surface area contributed by atoms with Crippen LogP contribution in [0.3, 0.4) is 0 Å². The van der Waals surface area contributed by atoms with Gasteiger partial charge in [-0.1, -0.05) is 25.0 Å². The first-order valence-electron chi connectivity index (χ1n) is 7.26. The molecule has 0 radical (unpaired) electrons. The number of benzene rings is 1. The molecule has 112 valence electrons. The zero-order valence-corrected chi connectivity index (χ0v) is 13.0. The van der Waals surface area contributed by atoms with Crippen molar-refractivity contribution in [2.24, 2.45) is 11.7 Å². The Labute approximate surface area is 121 Å². The van der Waals surface area contributed by atoms with Gasteiger partial charge in [-0.05, 0) is 49.8 Å². The Hall–Kier alpha value is -0.910. The molecule has 3 N–H and O–H groups in total. The van der Waals surface area contributed by atoms with Crippen molar-refractivity contribution in [2.45, 2.75) is 57.0 Å². The molecule has 1 atom stereocenters. The molecule has 2 rings (SSSR count). The van der Waals surface area contributed by atoms with Crippen LogP contribution in [0.4, 0.5) is 0 Å². The van der Waals surface area contributed by atoms with E-state index in [2.05, 4.69) is 4.72 Å². The first-order valence-corrected chi connectivity index (χ1v) is 8.74. The molecule has 0 aliphatic heterocycles. The molecule has 1 aliphatic carbocycles. The summed E-state index contributed by atoms with van der Waals surface area (Å²) in [5.74, 6) is 0.466. The summed E-state index contributed by atoms with van der Waals surface area (Å²) in [6, 6.07) is 5.27. The largest absolute Gasteiger partial charge is 0.326 e. The molecule has 1 fully saturated rings. The molecule has 0 spiro atoms. The zero-order chi connectivity index (χ0) is 14.8. The van der Waals surface area contributed by atoms with Crippen LogP contribution in [-0.4, -0.2) is 14.5 Å². The highest BCUT2D eigenvalue weighted by molar-refractivity contribution is 7.89. The predicted octanol–water partition coefficient (Wildman–Crippen LogP) is 2.31. The minimum absolute atomic E-state index is 0.00362. The van der Waals surface area contributed by atoms with Gasteiger partial charge in [0.05, 0.1) is 4.90 Å². The second kappa shape index (κ2) is 6.24. The first kappa shape index (κ1) is 15.5. The minimum Gasteiger partial charge on any atom is -0.326 e. The number of rotatable bonds is 5. The number of sulfonamides is 1. The van der Waals surface area contributed by atoms with Gasteiger partial charge in [0.15, 0.2) is 0 Å². The molecule has 4 nitrogen and oxygen atoms in total. The molecular formula is C15H24N2O2S. The van der Waals surface area contributed by atoms with Crippen molar-refractivity contribution in [3.63, 3.8) is 0 Å². The van der Waals surface area contributed by atoms with Crippen molar-refractivity contribution in [1.29, 1.82) is 0 Å². The Balaban J connectivity index is 2.17. The fraction of sp³-hybridized carbons (Fsp3) is 0.600. The number of hydrogen-bond donors (Lipinski definition) is 2. The molecule has 1 unspecified atom stereocenters. The van der Waals surface area contributed by atoms with Crippen LogP contribution < -0.4 is 10.5 Å². The summed E-state index contributed by atoms with van der Waals surface area (Å²) in [5.41, 5.74) is 7.27. The third kappa shape index (κ3) is 3.40. The third-order valence-corrected chi connectivity index (χ3v) is 5.93. The van der Waals surface area contributed by atoms with Crippen LogP contribution in [0.15, 0.2) is 23.1 Å². The van der Waals surface area contributed by atoms with Gasteiger partial charge >= 0.3 is 0 Å². The summed E-state index contributed by atoms with van der Waals surface area (Å²) < 4.78 is 27.8. The van der Waals surface area contributed by atoms with Gasteiger partial charge in [-0.2, -0.15) is 0 Å². The average molecular weight is 296 g/mol. The Morgan fingerprint density at radius 3 is 2.55 bits per heavy atom. The highest BCUT2D eigenvalue weighted by Gasteiger charge is 2.26. The Bertz CT molecular complexity index is 563. The molecular weight excluding hydrogens is 272 g/mol. The van der Waals surface area contributed by atoms with Crippen molar-refractivity contribution < 1.29 is 8.42 Å². The van der Waals surface area contributed by atoms with Gasteiger partial charge in [-0.3, -0.25) is 0 Å². The van der Waals surface area contributed by atoms with Crippen LogP contribution in [0.25, 0.3) is 0 Å². The lowest BCUT2D eigenvalue weighted by atomic mass is 10.0. The summed E-state index contributed by atoms with van der Waals surface area (Å²) in [5, 5.41) is 0. The van der Waals surface area contributed by atoms with E-state index in [1.165, 1.54) is 12.8 Å². The Morgan fingerprint density at radius 1 is 1.35 bits per heavy atom. The molecule has 20 heavy (non-hydrogen) atoms. The van der Waals surface area contributed by atoms with E-state index >= 15 is 0 Å². The van der Waals surface area contributed by atoms with E-state index in [-0.39, 0.29) is 6.04 Å². The Kier molecular flexibility index (Phi) is 4.83. The van der Waals surface area contributed by atoms with Gasteiger partial charge < -0.3 is 5.73 Å². The smallest absolute Gasteiger partial charge is 0.241 e. The van der Waals surface area contributed by atoms with E-state index in [9.17, 15) is 8.42 Å². The summed E-state index contributed by atoms with van der Waals surface area (Å²) in [6.45, 7) is 4.21. The van der Waals surface area contributed by atoms with Crippen LogP contribution in [-0.2, 0) is 16.6 Å². The van der Waals surface area contributed by atoms with Gasteiger partial charge in [0.25, 0.3) is 0 Å². The topological polar surface area (TPSA) is 72.2 Å². The predicted molar refractivity (Wildman–Crippen MR) is 80.8 cm³/mol. The van der Waals surface area contributed by atoms with Crippen molar-refractivity contribution in [3.8, 4) is 0 Å². The van der Waals surface area contributed by atoms with Crippen molar-refractivity contribution in [1.82, 2.24) is 4.72 Å². The average Bonchev–Trinajstić information content (AvgIpc) is 2.91. The summed E-state index contributed by atoms with van der Waals surface area (Å²) in [6.07, 6.45) is 4.66. The first-order chi connectivity index (χ1) is 9.44. The highest BCUT2D eigenvalue weighted by atomic mass is 32.2. The molecule has 0 amide bonds. The van der Waals surface area contributed by atoms with Gasteiger partial charge in [-0.25, -0.2) is 13.1 Å². The van der Waals surface area contributed by atoms with Crippen LogP contribution in [0.1, 0.15) is 43.7 Å². The second-order valence-corrected chi connectivity index (χ2v) is 7.44. The van der Waals surface area contributed by atoms with Crippen LogP contribution >= 0.6 is 0 Å². The Morgan fingerprint density at radius 2 is 2.00 bits per heavy atom. The quantitative estimate of drug-likeness (QED) is 0.876. The number of hydrogen-bond acceptors (Lipinski definition) is 3. The van der Waals surface area contributed by atoms with Gasteiger partial charge in [0.1, 0.15) is 0 Å². The van der Waals surface area contributed by atoms with Crippen molar-refractivity contribution >= 4 is 10.0 Å². The molecule has 1 aliphatic rings. The molecule has 0 bridgehead atoms. The van der Waals surface area contributed by atoms with E-state index in [1.54, 1.807) is 12.1 Å². The molecule has 5 heteroatoms. The number of nitrogens with two attached hydrogens (primary N) is 1. The van der Waals surface area contributed by atoms with Crippen LogP contribution in [0, 0.1) is 12.8 Å². The monoisotopic (exact) mass is 296 g/mol. The van der Waals surface area contributed by atoms with Crippen LogP contribution in [0.2, 0.25) is 0 Å². The SMILES string of the molecule is Cc1cc(CN)ccc1S(=O)(=O)NC(C)C1CCCC1. The molecule has 1 saturated carbocycles. The standard InChI is InChI=1S/C15H24N2O2S/c1-11-9-13(10-16)7-8-15(11)20(18,19)17-12(2)14-5-3-4-6-14/h7-9,12,14,17H,3-6,10,16H2,1-2H3. The maximum absolute atomic E-state index is 12.5. The molecule has 0 saturated heterocycles. The maximum Gasteiger partial charge on any atom is 0.241 e. The zero-order valence-electron chi connectivity index (χ0n) is 12.2. The fourth-order valence-electron chi connectivity index (χ4n) is 3.00. The lowest BCUT2D eigenvalue weighted by Gasteiger charge is -2.21. The van der Waals surface area contributed by atoms with E-state index in [1.807, 2.05) is 19.9 Å². The van der Waals surface area contributed by atoms with Gasteiger partial charge in [0, 0.05) is 12.6 Å². The van der Waals surface area contributed by atoms with Gasteiger partial charge in [-0.15, -0.1) is 0 Å². The van der Waals surface area contributed by atoms with E-state index in [0.29, 0.717) is 17.4 Å². The van der Waals surface area contributed by atoms with Crippen molar-refractivity contribution in [2.75, 3.05) is 0 Å².